The molecule has 2 aliphatic rings. The van der Waals surface area contributed by atoms with Crippen LogP contribution < -0.4 is 14.8 Å². The van der Waals surface area contributed by atoms with Crippen LogP contribution in [0, 0.1) is 11.8 Å². The van der Waals surface area contributed by atoms with Crippen molar-refractivity contribution in [3.63, 3.8) is 0 Å². The Morgan fingerprint density at radius 2 is 1.65 bits per heavy atom. The summed E-state index contributed by atoms with van der Waals surface area (Å²) in [6.07, 6.45) is 9.22. The van der Waals surface area contributed by atoms with Crippen LogP contribution in [0.3, 0.4) is 0 Å². The highest BCUT2D eigenvalue weighted by Crippen LogP contribution is 2.37. The van der Waals surface area contributed by atoms with Crippen molar-refractivity contribution in [3.05, 3.63) is 59.7 Å². The fourth-order valence-corrected chi connectivity index (χ4v) is 6.93. The molecule has 2 aromatic rings. The quantitative estimate of drug-likeness (QED) is 0.482. The minimum absolute atomic E-state index is 0.349. The van der Waals surface area contributed by atoms with Crippen LogP contribution >= 0.6 is 0 Å². The molecule has 2 N–H and O–H groups in total. The smallest absolute Gasteiger partial charge is 0.240 e. The number of rotatable bonds is 10. The number of hydrogen-bond donors (Lipinski definition) is 2. The molecule has 0 aromatic heterocycles. The average molecular weight is 485 g/mol. The molecule has 0 heterocycles. The van der Waals surface area contributed by atoms with Crippen LogP contribution in [0.5, 0.6) is 5.75 Å². The third-order valence-corrected chi connectivity index (χ3v) is 9.25. The SMILES string of the molecule is CCCC1c2ccc(OC)cc2CCC1NCC1CCC(CNS(=O)(=O)c2ccccc2)CC1. The van der Waals surface area contributed by atoms with E-state index in [0.717, 1.165) is 31.6 Å². The molecule has 2 unspecified atom stereocenters. The van der Waals surface area contributed by atoms with Crippen LogP contribution in [-0.2, 0) is 16.4 Å². The number of nitrogens with one attached hydrogen (secondary N) is 2. The molecule has 0 spiro atoms. The predicted molar refractivity (Wildman–Crippen MR) is 138 cm³/mol. The summed E-state index contributed by atoms with van der Waals surface area (Å²) in [6.45, 7) is 3.89. The van der Waals surface area contributed by atoms with Crippen molar-refractivity contribution in [3.8, 4) is 5.75 Å². The number of benzene rings is 2. The summed E-state index contributed by atoms with van der Waals surface area (Å²) in [5.74, 6) is 2.65. The van der Waals surface area contributed by atoms with Crippen molar-refractivity contribution in [1.29, 1.82) is 0 Å². The summed E-state index contributed by atoms with van der Waals surface area (Å²) in [6, 6.07) is 15.8. The molecule has 1 saturated carbocycles. The lowest BCUT2D eigenvalue weighted by Crippen LogP contribution is -2.41. The molecule has 0 bridgehead atoms. The van der Waals surface area contributed by atoms with Crippen LogP contribution in [0.1, 0.15) is 68.9 Å². The van der Waals surface area contributed by atoms with Gasteiger partial charge in [-0.1, -0.05) is 37.6 Å². The lowest BCUT2D eigenvalue weighted by molar-refractivity contribution is 0.250. The maximum atomic E-state index is 12.5. The summed E-state index contributed by atoms with van der Waals surface area (Å²) >= 11 is 0. The molecule has 0 aliphatic heterocycles. The predicted octanol–water partition coefficient (Wildman–Crippen LogP) is 5.27. The van der Waals surface area contributed by atoms with Crippen LogP contribution in [-0.4, -0.2) is 34.7 Å². The van der Waals surface area contributed by atoms with Gasteiger partial charge in [0.05, 0.1) is 12.0 Å². The van der Waals surface area contributed by atoms with Gasteiger partial charge in [0.2, 0.25) is 10.0 Å². The molecule has 5 nitrogen and oxygen atoms in total. The highest BCUT2D eigenvalue weighted by Gasteiger charge is 2.30. The van der Waals surface area contributed by atoms with Crippen LogP contribution in [0.4, 0.5) is 0 Å². The summed E-state index contributed by atoms with van der Waals surface area (Å²) in [5, 5.41) is 3.95. The Morgan fingerprint density at radius 3 is 2.32 bits per heavy atom. The van der Waals surface area contributed by atoms with Gasteiger partial charge in [-0.2, -0.15) is 0 Å². The van der Waals surface area contributed by atoms with E-state index in [4.69, 9.17) is 4.74 Å². The zero-order valence-corrected chi connectivity index (χ0v) is 21.4. The highest BCUT2D eigenvalue weighted by molar-refractivity contribution is 7.89. The maximum Gasteiger partial charge on any atom is 0.240 e. The zero-order chi connectivity index (χ0) is 24.0. The van der Waals surface area contributed by atoms with E-state index in [-0.39, 0.29) is 0 Å². The van der Waals surface area contributed by atoms with Crippen molar-refractivity contribution in [2.75, 3.05) is 20.2 Å². The molecule has 4 rings (SSSR count). The van der Waals surface area contributed by atoms with Gasteiger partial charge in [0.15, 0.2) is 0 Å². The molecule has 2 aromatic carbocycles. The Bertz CT molecular complexity index is 1020. The third kappa shape index (κ3) is 6.21. The van der Waals surface area contributed by atoms with Crippen molar-refractivity contribution in [2.24, 2.45) is 11.8 Å². The highest BCUT2D eigenvalue weighted by atomic mass is 32.2. The van der Waals surface area contributed by atoms with Gasteiger partial charge in [-0.25, -0.2) is 13.1 Å². The molecule has 6 heteroatoms. The van der Waals surface area contributed by atoms with Gasteiger partial charge in [-0.05, 0) is 105 Å². The van der Waals surface area contributed by atoms with Gasteiger partial charge in [0.1, 0.15) is 5.75 Å². The Kier molecular flexibility index (Phi) is 8.67. The first-order valence-electron chi connectivity index (χ1n) is 12.9. The normalized spacial score (nSPS) is 25.0. The largest absolute Gasteiger partial charge is 0.497 e. The number of fused-ring (bicyclic) bond motifs is 1. The third-order valence-electron chi connectivity index (χ3n) is 7.81. The minimum atomic E-state index is -3.41. The first-order valence-corrected chi connectivity index (χ1v) is 14.4. The maximum absolute atomic E-state index is 12.5. The second kappa shape index (κ2) is 11.7. The first-order chi connectivity index (χ1) is 16.5. The summed E-state index contributed by atoms with van der Waals surface area (Å²) in [7, 11) is -1.67. The van der Waals surface area contributed by atoms with Gasteiger partial charge in [-0.3, -0.25) is 0 Å². The topological polar surface area (TPSA) is 67.4 Å². The zero-order valence-electron chi connectivity index (χ0n) is 20.6. The Balaban J connectivity index is 1.25. The number of ether oxygens (including phenoxy) is 1. The Labute approximate surface area is 205 Å². The van der Waals surface area contributed by atoms with Crippen LogP contribution in [0.25, 0.3) is 0 Å². The van der Waals surface area contributed by atoms with Crippen LogP contribution in [0.15, 0.2) is 53.4 Å². The molecule has 34 heavy (non-hydrogen) atoms. The second-order valence-electron chi connectivity index (χ2n) is 10.1. The Morgan fingerprint density at radius 1 is 0.941 bits per heavy atom. The molecule has 0 saturated heterocycles. The average Bonchev–Trinajstić information content (AvgIpc) is 2.88. The van der Waals surface area contributed by atoms with Gasteiger partial charge in [-0.15, -0.1) is 0 Å². The second-order valence-corrected chi connectivity index (χ2v) is 11.8. The molecule has 2 aliphatic carbocycles. The van der Waals surface area contributed by atoms with Gasteiger partial charge < -0.3 is 10.1 Å². The van der Waals surface area contributed by atoms with Crippen molar-refractivity contribution in [1.82, 2.24) is 10.0 Å². The minimum Gasteiger partial charge on any atom is -0.497 e. The van der Waals surface area contributed by atoms with E-state index in [2.05, 4.69) is 35.2 Å². The molecule has 1 fully saturated rings. The van der Waals surface area contributed by atoms with E-state index < -0.39 is 10.0 Å². The van der Waals surface area contributed by atoms with Crippen molar-refractivity contribution in [2.45, 2.75) is 75.1 Å². The molecular weight excluding hydrogens is 444 g/mol. The van der Waals surface area contributed by atoms with Gasteiger partial charge >= 0.3 is 0 Å². The fourth-order valence-electron chi connectivity index (χ4n) is 5.80. The van der Waals surface area contributed by atoms with E-state index in [1.165, 1.54) is 43.2 Å². The van der Waals surface area contributed by atoms with Gasteiger partial charge in [0, 0.05) is 12.6 Å². The summed E-state index contributed by atoms with van der Waals surface area (Å²) < 4.78 is 33.3. The lowest BCUT2D eigenvalue weighted by atomic mass is 9.76. The van der Waals surface area contributed by atoms with E-state index >= 15 is 0 Å². The molecule has 0 radical (unpaired) electrons. The van der Waals surface area contributed by atoms with E-state index in [1.54, 1.807) is 31.4 Å². The van der Waals surface area contributed by atoms with E-state index in [0.29, 0.717) is 35.2 Å². The van der Waals surface area contributed by atoms with E-state index in [1.807, 2.05) is 6.07 Å². The molecular formula is C28H40N2O3S. The summed E-state index contributed by atoms with van der Waals surface area (Å²) in [5.41, 5.74) is 2.95. The number of methoxy groups -OCH3 is 1. The Hall–Kier alpha value is -1.89. The lowest BCUT2D eigenvalue weighted by Gasteiger charge is -2.36. The monoisotopic (exact) mass is 484 g/mol. The van der Waals surface area contributed by atoms with E-state index in [9.17, 15) is 8.42 Å². The molecule has 0 amide bonds. The fraction of sp³-hybridized carbons (Fsp3) is 0.571. The van der Waals surface area contributed by atoms with Crippen molar-refractivity contribution < 1.29 is 13.2 Å². The molecule has 186 valence electrons. The van der Waals surface area contributed by atoms with Crippen molar-refractivity contribution >= 4 is 10.0 Å². The molecule has 2 atom stereocenters. The van der Waals surface area contributed by atoms with Crippen LogP contribution in [0.2, 0.25) is 0 Å². The number of hydrogen-bond acceptors (Lipinski definition) is 4. The number of aryl methyl sites for hydroxylation is 1. The summed E-state index contributed by atoms with van der Waals surface area (Å²) in [4.78, 5) is 0.349. The first kappa shape index (κ1) is 25.2. The number of sulfonamides is 1. The van der Waals surface area contributed by atoms with Gasteiger partial charge in [0.25, 0.3) is 0 Å². The standard InChI is InChI=1S/C28H40N2O3S/c1-3-7-27-26-16-15-24(33-2)18-23(26)14-17-28(27)29-19-21-10-12-22(13-11-21)20-30-34(31,32)25-8-5-4-6-9-25/h4-6,8-9,15-16,18,21-22,27-30H,3,7,10-14,17,19-20H2,1-2H3.